The average Bonchev–Trinajstić information content (AvgIpc) is 2.81. The molecule has 0 aliphatic heterocycles. The number of nitrogens with one attached hydrogen (secondary N) is 1. The van der Waals surface area contributed by atoms with Crippen LogP contribution in [0.5, 0.6) is 0 Å². The number of hydrogen-bond donors (Lipinski definition) is 1. The van der Waals surface area contributed by atoms with Crippen LogP contribution in [0.2, 0.25) is 0 Å². The van der Waals surface area contributed by atoms with E-state index >= 15 is 0 Å². The Balaban J connectivity index is 1.92. The summed E-state index contributed by atoms with van der Waals surface area (Å²) in [6, 6.07) is 0. The molecule has 3 atom stereocenters. The van der Waals surface area contributed by atoms with Gasteiger partial charge in [-0.3, -0.25) is 0 Å². The van der Waals surface area contributed by atoms with E-state index in [1.54, 1.807) is 0 Å². The maximum absolute atomic E-state index is 4.33. The van der Waals surface area contributed by atoms with Crippen LogP contribution in [-0.2, 0) is 0 Å². The first-order valence-electron chi connectivity index (χ1n) is 4.61. The Kier molecular flexibility index (Phi) is 1.20. The number of aromatic nitrogens is 2. The second-order valence-corrected chi connectivity index (χ2v) is 3.86. The molecular formula is C10H12N2. The topological polar surface area (TPSA) is 28.7 Å². The molecule has 0 spiro atoms. The van der Waals surface area contributed by atoms with Gasteiger partial charge < -0.3 is 4.98 Å². The lowest BCUT2D eigenvalue weighted by molar-refractivity contribution is 0.558. The summed E-state index contributed by atoms with van der Waals surface area (Å²) in [6.07, 6.45) is 11.2. The monoisotopic (exact) mass is 160 g/mol. The van der Waals surface area contributed by atoms with Crippen molar-refractivity contribution in [3.05, 3.63) is 30.4 Å². The highest BCUT2D eigenvalue weighted by atomic mass is 14.9. The molecule has 2 heteroatoms. The van der Waals surface area contributed by atoms with Crippen LogP contribution in [-0.4, -0.2) is 9.97 Å². The van der Waals surface area contributed by atoms with E-state index in [-0.39, 0.29) is 0 Å². The summed E-state index contributed by atoms with van der Waals surface area (Å²) in [5.41, 5.74) is 0. The Labute approximate surface area is 71.7 Å². The molecule has 3 rings (SSSR count). The van der Waals surface area contributed by atoms with Gasteiger partial charge in [0.2, 0.25) is 0 Å². The van der Waals surface area contributed by atoms with Gasteiger partial charge in [0.15, 0.2) is 0 Å². The predicted octanol–water partition coefficient (Wildman–Crippen LogP) is 2.09. The van der Waals surface area contributed by atoms with Gasteiger partial charge in [-0.25, -0.2) is 4.98 Å². The predicted molar refractivity (Wildman–Crippen MR) is 46.7 cm³/mol. The lowest BCUT2D eigenvalue weighted by Crippen LogP contribution is -2.06. The first kappa shape index (κ1) is 6.46. The lowest BCUT2D eigenvalue weighted by atomic mass is 9.93. The Morgan fingerprint density at radius 1 is 1.33 bits per heavy atom. The van der Waals surface area contributed by atoms with Gasteiger partial charge in [0.25, 0.3) is 0 Å². The third-order valence-electron chi connectivity index (χ3n) is 3.15. The molecule has 2 aliphatic carbocycles. The lowest BCUT2D eigenvalue weighted by Gasteiger charge is -2.14. The zero-order valence-corrected chi connectivity index (χ0v) is 6.90. The molecule has 2 nitrogen and oxygen atoms in total. The number of imidazole rings is 1. The number of nitrogens with zero attached hydrogens (tertiary/aromatic N) is 1. The van der Waals surface area contributed by atoms with E-state index in [2.05, 4.69) is 22.1 Å². The van der Waals surface area contributed by atoms with Crippen LogP contribution < -0.4 is 0 Å². The molecule has 1 aromatic rings. The fraction of sp³-hybridized carbons (Fsp3) is 0.500. The largest absolute Gasteiger partial charge is 0.348 e. The molecule has 1 fully saturated rings. The Hall–Kier alpha value is -1.05. The third kappa shape index (κ3) is 0.779. The molecule has 0 radical (unpaired) electrons. The smallest absolute Gasteiger partial charge is 0.109 e. The van der Waals surface area contributed by atoms with E-state index in [1.807, 2.05) is 12.4 Å². The van der Waals surface area contributed by atoms with Crippen LogP contribution in [0.4, 0.5) is 0 Å². The summed E-state index contributed by atoms with van der Waals surface area (Å²) in [4.78, 5) is 7.55. The normalized spacial score (nSPS) is 37.8. The minimum absolute atomic E-state index is 0.676. The third-order valence-corrected chi connectivity index (χ3v) is 3.15. The van der Waals surface area contributed by atoms with Crippen LogP contribution in [0.25, 0.3) is 0 Å². The van der Waals surface area contributed by atoms with Gasteiger partial charge in [-0.2, -0.15) is 0 Å². The van der Waals surface area contributed by atoms with Crippen LogP contribution in [0.1, 0.15) is 24.6 Å². The summed E-state index contributed by atoms with van der Waals surface area (Å²) < 4.78 is 0. The summed E-state index contributed by atoms with van der Waals surface area (Å²) in [5, 5.41) is 0. The van der Waals surface area contributed by atoms with Crippen LogP contribution in [0.3, 0.4) is 0 Å². The van der Waals surface area contributed by atoms with Gasteiger partial charge in [0.05, 0.1) is 0 Å². The van der Waals surface area contributed by atoms with Gasteiger partial charge in [0.1, 0.15) is 5.82 Å². The van der Waals surface area contributed by atoms with Crippen LogP contribution in [0, 0.1) is 11.8 Å². The second kappa shape index (κ2) is 2.22. The fourth-order valence-electron chi connectivity index (χ4n) is 2.58. The van der Waals surface area contributed by atoms with Crippen molar-refractivity contribution in [2.24, 2.45) is 11.8 Å². The first-order valence-corrected chi connectivity index (χ1v) is 4.61. The minimum Gasteiger partial charge on any atom is -0.348 e. The summed E-state index contributed by atoms with van der Waals surface area (Å²) in [6.45, 7) is 0. The molecule has 1 heterocycles. The number of rotatable bonds is 1. The van der Waals surface area contributed by atoms with Crippen LogP contribution >= 0.6 is 0 Å². The summed E-state index contributed by atoms with van der Waals surface area (Å²) in [5.74, 6) is 3.47. The van der Waals surface area contributed by atoms with Crippen molar-refractivity contribution in [3.8, 4) is 0 Å². The quantitative estimate of drug-likeness (QED) is 0.626. The van der Waals surface area contributed by atoms with E-state index < -0.39 is 0 Å². The maximum atomic E-state index is 4.33. The Morgan fingerprint density at radius 3 is 2.92 bits per heavy atom. The van der Waals surface area contributed by atoms with Gasteiger partial charge in [-0.1, -0.05) is 12.2 Å². The number of aromatic amines is 1. The van der Waals surface area contributed by atoms with Gasteiger partial charge >= 0.3 is 0 Å². The zero-order chi connectivity index (χ0) is 7.97. The molecule has 1 aromatic heterocycles. The van der Waals surface area contributed by atoms with Crippen LogP contribution in [0.15, 0.2) is 24.5 Å². The molecule has 62 valence electrons. The first-order chi connectivity index (χ1) is 5.93. The number of fused-ring (bicyclic) bond motifs is 2. The second-order valence-electron chi connectivity index (χ2n) is 3.86. The molecule has 1 N–H and O–H groups in total. The molecular weight excluding hydrogens is 148 g/mol. The van der Waals surface area contributed by atoms with Crippen molar-refractivity contribution in [1.29, 1.82) is 0 Å². The number of allylic oxidation sites excluding steroid dienone is 2. The SMILES string of the molecule is C1=C[C@H]2C[C@@H]1C[C@H]2c1ncc[nH]1. The van der Waals surface area contributed by atoms with E-state index in [0.29, 0.717) is 5.92 Å². The molecule has 2 bridgehead atoms. The van der Waals surface area contributed by atoms with Crippen molar-refractivity contribution in [3.63, 3.8) is 0 Å². The molecule has 12 heavy (non-hydrogen) atoms. The average molecular weight is 160 g/mol. The van der Waals surface area contributed by atoms with Crippen molar-refractivity contribution in [2.75, 3.05) is 0 Å². The van der Waals surface area contributed by atoms with E-state index in [0.717, 1.165) is 11.8 Å². The van der Waals surface area contributed by atoms with E-state index in [1.165, 1.54) is 18.7 Å². The molecule has 2 aliphatic rings. The number of H-pyrrole nitrogens is 1. The fourth-order valence-corrected chi connectivity index (χ4v) is 2.58. The van der Waals surface area contributed by atoms with Crippen molar-refractivity contribution < 1.29 is 0 Å². The summed E-state index contributed by atoms with van der Waals surface area (Å²) in [7, 11) is 0. The maximum Gasteiger partial charge on any atom is 0.109 e. The molecule has 0 saturated heterocycles. The highest BCUT2D eigenvalue weighted by Crippen LogP contribution is 2.47. The Bertz CT molecular complexity index is 300. The van der Waals surface area contributed by atoms with Crippen molar-refractivity contribution in [2.45, 2.75) is 18.8 Å². The highest BCUT2D eigenvalue weighted by Gasteiger charge is 2.37. The van der Waals surface area contributed by atoms with Gasteiger partial charge in [0, 0.05) is 18.3 Å². The van der Waals surface area contributed by atoms with E-state index in [4.69, 9.17) is 0 Å². The molecule has 1 saturated carbocycles. The van der Waals surface area contributed by atoms with E-state index in [9.17, 15) is 0 Å². The van der Waals surface area contributed by atoms with Gasteiger partial charge in [-0.05, 0) is 24.7 Å². The highest BCUT2D eigenvalue weighted by molar-refractivity contribution is 5.18. The molecule has 0 amide bonds. The standard InChI is InChI=1S/C10H12N2/c1-2-8-5-7(1)6-9(8)10-11-3-4-12-10/h1-4,7-9H,5-6H2,(H,11,12)/t7-,8+,9-/m1/s1. The van der Waals surface area contributed by atoms with Crippen molar-refractivity contribution >= 4 is 0 Å². The zero-order valence-electron chi connectivity index (χ0n) is 6.90. The molecule has 0 aromatic carbocycles. The minimum atomic E-state index is 0.676. The molecule has 0 unspecified atom stereocenters. The summed E-state index contributed by atoms with van der Waals surface area (Å²) >= 11 is 0. The Morgan fingerprint density at radius 2 is 2.33 bits per heavy atom. The van der Waals surface area contributed by atoms with Gasteiger partial charge in [-0.15, -0.1) is 0 Å². The van der Waals surface area contributed by atoms with Crippen molar-refractivity contribution in [1.82, 2.24) is 9.97 Å². The number of hydrogen-bond acceptors (Lipinski definition) is 1.